The van der Waals surface area contributed by atoms with E-state index < -0.39 is 5.60 Å². The highest BCUT2D eigenvalue weighted by molar-refractivity contribution is 6.10. The Kier molecular flexibility index (Phi) is 2.12. The van der Waals surface area contributed by atoms with Crippen LogP contribution in [0, 0.1) is 0 Å². The Morgan fingerprint density at radius 1 is 1.33 bits per heavy atom. The van der Waals surface area contributed by atoms with Gasteiger partial charge >= 0.3 is 0 Å². The van der Waals surface area contributed by atoms with Gasteiger partial charge in [-0.25, -0.2) is 0 Å². The minimum absolute atomic E-state index is 0.326. The fraction of sp³-hybridized carbons (Fsp3) is 0.250. The van der Waals surface area contributed by atoms with Crippen LogP contribution in [0.2, 0.25) is 0 Å². The molecular formula is C12H12O3. The number of ketones is 1. The zero-order valence-corrected chi connectivity index (χ0v) is 8.65. The first-order valence-corrected chi connectivity index (χ1v) is 4.73. The number of hydrogen-bond donors (Lipinski definition) is 1. The smallest absolute Gasteiger partial charge is 0.197 e. The maximum atomic E-state index is 11.8. The molecule has 0 spiro atoms. The van der Waals surface area contributed by atoms with E-state index in [0.717, 1.165) is 5.39 Å². The van der Waals surface area contributed by atoms with Crippen LogP contribution in [0.1, 0.15) is 24.2 Å². The van der Waals surface area contributed by atoms with Gasteiger partial charge in [0.2, 0.25) is 0 Å². The monoisotopic (exact) mass is 204 g/mol. The Hall–Kier alpha value is -1.61. The zero-order valence-electron chi connectivity index (χ0n) is 8.65. The third kappa shape index (κ3) is 1.66. The molecule has 0 fully saturated rings. The maximum absolute atomic E-state index is 11.8. The summed E-state index contributed by atoms with van der Waals surface area (Å²) in [6, 6.07) is 7.26. The van der Waals surface area contributed by atoms with Crippen molar-refractivity contribution in [2.24, 2.45) is 0 Å². The van der Waals surface area contributed by atoms with Gasteiger partial charge in [-0.1, -0.05) is 18.2 Å². The largest absolute Gasteiger partial charge is 0.464 e. The third-order valence-corrected chi connectivity index (χ3v) is 2.28. The van der Waals surface area contributed by atoms with Crippen LogP contribution in [0.25, 0.3) is 11.0 Å². The second-order valence-corrected chi connectivity index (χ2v) is 4.03. The summed E-state index contributed by atoms with van der Waals surface area (Å²) < 4.78 is 5.23. The molecule has 1 N–H and O–H groups in total. The van der Waals surface area contributed by atoms with E-state index in [-0.39, 0.29) is 5.78 Å². The van der Waals surface area contributed by atoms with Crippen molar-refractivity contribution in [3.05, 3.63) is 36.1 Å². The van der Waals surface area contributed by atoms with Gasteiger partial charge in [0, 0.05) is 5.39 Å². The lowest BCUT2D eigenvalue weighted by Crippen LogP contribution is -2.30. The minimum atomic E-state index is -1.37. The number of hydrogen-bond acceptors (Lipinski definition) is 3. The van der Waals surface area contributed by atoms with Crippen molar-refractivity contribution in [1.82, 2.24) is 0 Å². The molecule has 0 aliphatic carbocycles. The number of carbonyl (C=O) groups is 1. The highest BCUT2D eigenvalue weighted by atomic mass is 16.3. The lowest BCUT2D eigenvalue weighted by molar-refractivity contribution is 0.0489. The zero-order chi connectivity index (χ0) is 11.1. The van der Waals surface area contributed by atoms with Crippen molar-refractivity contribution in [1.29, 1.82) is 0 Å². The first-order valence-electron chi connectivity index (χ1n) is 4.73. The Morgan fingerprint density at radius 3 is 2.67 bits per heavy atom. The molecule has 0 amide bonds. The lowest BCUT2D eigenvalue weighted by Gasteiger charge is -2.13. The molecule has 1 aromatic carbocycles. The van der Waals surface area contributed by atoms with Gasteiger partial charge in [-0.05, 0) is 19.9 Å². The van der Waals surface area contributed by atoms with E-state index >= 15 is 0 Å². The van der Waals surface area contributed by atoms with Gasteiger partial charge in [0.05, 0.1) is 5.56 Å². The maximum Gasteiger partial charge on any atom is 0.197 e. The number of aliphatic hydroxyl groups is 1. The molecule has 0 saturated carbocycles. The normalized spacial score (nSPS) is 11.9. The van der Waals surface area contributed by atoms with Crippen molar-refractivity contribution in [2.75, 3.05) is 0 Å². The molecule has 3 nitrogen and oxygen atoms in total. The fourth-order valence-corrected chi connectivity index (χ4v) is 1.48. The van der Waals surface area contributed by atoms with Crippen molar-refractivity contribution in [3.63, 3.8) is 0 Å². The number of rotatable bonds is 2. The molecule has 0 atom stereocenters. The van der Waals surface area contributed by atoms with E-state index in [1.807, 2.05) is 12.1 Å². The molecule has 78 valence electrons. The van der Waals surface area contributed by atoms with Crippen molar-refractivity contribution in [3.8, 4) is 0 Å². The first-order chi connectivity index (χ1) is 7.00. The Balaban J connectivity index is 2.58. The molecule has 0 saturated heterocycles. The topological polar surface area (TPSA) is 50.4 Å². The summed E-state index contributed by atoms with van der Waals surface area (Å²) in [5.74, 6) is -0.326. The molecular weight excluding hydrogens is 192 g/mol. The standard InChI is InChI=1S/C12H12O3/c1-12(2,14)11(13)9-7-15-10-6-4-3-5-8(9)10/h3-7,14H,1-2H3. The molecule has 15 heavy (non-hydrogen) atoms. The second kappa shape index (κ2) is 3.21. The number of benzene rings is 1. The number of Topliss-reactive ketones (excluding diaryl/α,β-unsaturated/α-hetero) is 1. The van der Waals surface area contributed by atoms with Crippen LogP contribution in [0.15, 0.2) is 34.9 Å². The molecule has 2 aromatic rings. The molecule has 1 aromatic heterocycles. The molecule has 0 unspecified atom stereocenters. The molecule has 2 rings (SSSR count). The Morgan fingerprint density at radius 2 is 2.00 bits per heavy atom. The van der Waals surface area contributed by atoms with Gasteiger partial charge in [0.25, 0.3) is 0 Å². The van der Waals surface area contributed by atoms with Gasteiger partial charge in [-0.15, -0.1) is 0 Å². The van der Waals surface area contributed by atoms with Gasteiger partial charge < -0.3 is 9.52 Å². The summed E-state index contributed by atoms with van der Waals surface area (Å²) in [6.45, 7) is 2.94. The Bertz CT molecular complexity index is 503. The van der Waals surface area contributed by atoms with Crippen molar-refractivity contribution in [2.45, 2.75) is 19.4 Å². The number of para-hydroxylation sites is 1. The van der Waals surface area contributed by atoms with E-state index in [1.165, 1.54) is 20.1 Å². The van der Waals surface area contributed by atoms with E-state index in [1.54, 1.807) is 12.1 Å². The van der Waals surface area contributed by atoms with Crippen LogP contribution >= 0.6 is 0 Å². The summed E-state index contributed by atoms with van der Waals surface area (Å²) in [5.41, 5.74) is -0.282. The predicted molar refractivity (Wildman–Crippen MR) is 56.8 cm³/mol. The fourth-order valence-electron chi connectivity index (χ4n) is 1.48. The summed E-state index contributed by atoms with van der Waals surface area (Å²) in [7, 11) is 0. The number of carbonyl (C=O) groups excluding carboxylic acids is 1. The molecule has 0 aliphatic rings. The highest BCUT2D eigenvalue weighted by Gasteiger charge is 2.27. The van der Waals surface area contributed by atoms with E-state index in [4.69, 9.17) is 4.42 Å². The van der Waals surface area contributed by atoms with Crippen molar-refractivity contribution < 1.29 is 14.3 Å². The SMILES string of the molecule is CC(C)(O)C(=O)c1coc2ccccc12. The van der Waals surface area contributed by atoms with E-state index in [0.29, 0.717) is 11.1 Å². The second-order valence-electron chi connectivity index (χ2n) is 4.03. The lowest BCUT2D eigenvalue weighted by atomic mass is 9.97. The van der Waals surface area contributed by atoms with Crippen LogP contribution in [0.4, 0.5) is 0 Å². The molecule has 0 bridgehead atoms. The molecule has 1 heterocycles. The average Bonchev–Trinajstić information content (AvgIpc) is 2.58. The predicted octanol–water partition coefficient (Wildman–Crippen LogP) is 2.39. The van der Waals surface area contributed by atoms with Crippen LogP contribution in [0.5, 0.6) is 0 Å². The molecule has 3 heteroatoms. The van der Waals surface area contributed by atoms with Crippen LogP contribution in [-0.4, -0.2) is 16.5 Å². The third-order valence-electron chi connectivity index (χ3n) is 2.28. The molecule has 0 radical (unpaired) electrons. The minimum Gasteiger partial charge on any atom is -0.464 e. The number of furan rings is 1. The average molecular weight is 204 g/mol. The van der Waals surface area contributed by atoms with E-state index in [9.17, 15) is 9.90 Å². The van der Waals surface area contributed by atoms with E-state index in [2.05, 4.69) is 0 Å². The summed E-state index contributed by atoms with van der Waals surface area (Å²) in [5, 5.41) is 10.4. The summed E-state index contributed by atoms with van der Waals surface area (Å²) in [4.78, 5) is 11.8. The molecule has 0 aliphatic heterocycles. The van der Waals surface area contributed by atoms with Gasteiger partial charge in [0.15, 0.2) is 5.78 Å². The van der Waals surface area contributed by atoms with Gasteiger partial charge in [0.1, 0.15) is 17.4 Å². The van der Waals surface area contributed by atoms with Crippen LogP contribution < -0.4 is 0 Å². The first kappa shape index (κ1) is 9.93. The highest BCUT2D eigenvalue weighted by Crippen LogP contribution is 2.24. The Labute approximate surface area is 87.3 Å². The summed E-state index contributed by atoms with van der Waals surface area (Å²) >= 11 is 0. The van der Waals surface area contributed by atoms with Crippen LogP contribution in [0.3, 0.4) is 0 Å². The van der Waals surface area contributed by atoms with Gasteiger partial charge in [-0.2, -0.15) is 0 Å². The quantitative estimate of drug-likeness (QED) is 0.764. The van der Waals surface area contributed by atoms with Crippen LogP contribution in [-0.2, 0) is 0 Å². The van der Waals surface area contributed by atoms with Crippen molar-refractivity contribution >= 4 is 16.8 Å². The van der Waals surface area contributed by atoms with Gasteiger partial charge in [-0.3, -0.25) is 4.79 Å². The number of fused-ring (bicyclic) bond motifs is 1. The summed E-state index contributed by atoms with van der Waals surface area (Å²) in [6.07, 6.45) is 1.39.